The summed E-state index contributed by atoms with van der Waals surface area (Å²) in [6, 6.07) is 6.42. The van der Waals surface area contributed by atoms with Crippen LogP contribution >= 0.6 is 35.3 Å². The molecule has 9 heteroatoms. The fourth-order valence-electron chi connectivity index (χ4n) is 3.46. The Morgan fingerprint density at radius 2 is 2.00 bits per heavy atom. The van der Waals surface area contributed by atoms with Crippen molar-refractivity contribution in [2.75, 3.05) is 34.4 Å². The van der Waals surface area contributed by atoms with Gasteiger partial charge in [0, 0.05) is 44.2 Å². The van der Waals surface area contributed by atoms with Crippen LogP contribution in [-0.2, 0) is 19.5 Å². The Hall–Kier alpha value is -1.59. The van der Waals surface area contributed by atoms with Gasteiger partial charge >= 0.3 is 0 Å². The summed E-state index contributed by atoms with van der Waals surface area (Å²) in [7, 11) is 5.17. The largest absolute Gasteiger partial charge is 0.497 e. The third-order valence-electron chi connectivity index (χ3n) is 4.99. The second kappa shape index (κ2) is 12.3. The molecule has 166 valence electrons. The van der Waals surface area contributed by atoms with E-state index in [1.807, 2.05) is 13.1 Å². The van der Waals surface area contributed by atoms with E-state index < -0.39 is 0 Å². The maximum atomic E-state index is 5.38. The molecule has 1 atom stereocenters. The Morgan fingerprint density at radius 3 is 2.60 bits per heavy atom. The first-order chi connectivity index (χ1) is 14.1. The topological polar surface area (TPSA) is 71.0 Å². The smallest absolute Gasteiger partial charge is 0.191 e. The predicted octanol–water partition coefficient (Wildman–Crippen LogP) is 3.28. The number of aromatic nitrogens is 1. The van der Waals surface area contributed by atoms with Crippen LogP contribution in [0.5, 0.6) is 11.5 Å². The molecule has 0 aliphatic carbocycles. The van der Waals surface area contributed by atoms with Crippen LogP contribution in [0.25, 0.3) is 0 Å². The van der Waals surface area contributed by atoms with Gasteiger partial charge in [-0.2, -0.15) is 0 Å². The molecule has 2 heterocycles. The van der Waals surface area contributed by atoms with E-state index in [2.05, 4.69) is 49.9 Å². The molecule has 1 aliphatic rings. The zero-order chi connectivity index (χ0) is 20.6. The molecule has 30 heavy (non-hydrogen) atoms. The lowest BCUT2D eigenvalue weighted by Crippen LogP contribution is -2.44. The summed E-state index contributed by atoms with van der Waals surface area (Å²) >= 11 is 1.71. The molecular weight excluding hydrogens is 513 g/mol. The molecule has 2 N–H and O–H groups in total. The first kappa shape index (κ1) is 24.7. The molecular formula is C21H32IN5O2S. The molecule has 1 unspecified atom stereocenters. The van der Waals surface area contributed by atoms with Crippen LogP contribution in [0.15, 0.2) is 28.6 Å². The molecule has 3 rings (SSSR count). The van der Waals surface area contributed by atoms with Crippen molar-refractivity contribution in [1.82, 2.24) is 20.5 Å². The van der Waals surface area contributed by atoms with Crippen molar-refractivity contribution >= 4 is 41.3 Å². The summed E-state index contributed by atoms with van der Waals surface area (Å²) in [6.07, 6.45) is 2.06. The average molecular weight is 545 g/mol. The first-order valence-corrected chi connectivity index (χ1v) is 10.9. The Morgan fingerprint density at radius 1 is 1.27 bits per heavy atom. The van der Waals surface area contributed by atoms with Crippen LogP contribution in [0, 0.1) is 0 Å². The number of nitrogens with one attached hydrogen (secondary N) is 2. The molecule has 1 fully saturated rings. The van der Waals surface area contributed by atoms with Crippen LogP contribution in [0.1, 0.15) is 29.6 Å². The van der Waals surface area contributed by atoms with Gasteiger partial charge in [0.05, 0.1) is 31.5 Å². The molecule has 1 aromatic heterocycles. The second-order valence-corrected chi connectivity index (χ2v) is 8.04. The maximum Gasteiger partial charge on any atom is 0.191 e. The fourth-order valence-corrected chi connectivity index (χ4v) is 4.21. The van der Waals surface area contributed by atoms with E-state index >= 15 is 0 Å². The SMILES string of the molecule is CCc1nc(CNC(=NC)NC2CCN(Cc3cc(OC)cc(OC)c3)C2)cs1.I. The third-order valence-corrected chi connectivity index (χ3v) is 6.03. The van der Waals surface area contributed by atoms with Crippen molar-refractivity contribution in [3.63, 3.8) is 0 Å². The van der Waals surface area contributed by atoms with E-state index in [0.717, 1.165) is 55.6 Å². The number of benzene rings is 1. The van der Waals surface area contributed by atoms with Crippen LogP contribution < -0.4 is 20.1 Å². The lowest BCUT2D eigenvalue weighted by molar-refractivity contribution is 0.321. The highest BCUT2D eigenvalue weighted by atomic mass is 127. The highest BCUT2D eigenvalue weighted by Gasteiger charge is 2.23. The molecule has 7 nitrogen and oxygen atoms in total. The van der Waals surface area contributed by atoms with E-state index in [-0.39, 0.29) is 24.0 Å². The number of guanidine groups is 1. The summed E-state index contributed by atoms with van der Waals surface area (Å²) in [5.74, 6) is 2.48. The summed E-state index contributed by atoms with van der Waals surface area (Å²) < 4.78 is 10.8. The van der Waals surface area contributed by atoms with Gasteiger partial charge in [0.1, 0.15) is 11.5 Å². The minimum Gasteiger partial charge on any atom is -0.497 e. The normalized spacial score (nSPS) is 16.8. The number of ether oxygens (including phenoxy) is 2. The predicted molar refractivity (Wildman–Crippen MR) is 133 cm³/mol. The monoisotopic (exact) mass is 545 g/mol. The molecule has 0 amide bonds. The average Bonchev–Trinajstić information content (AvgIpc) is 3.39. The Kier molecular flexibility index (Phi) is 10.1. The van der Waals surface area contributed by atoms with Gasteiger partial charge in [0.2, 0.25) is 0 Å². The fraction of sp³-hybridized carbons (Fsp3) is 0.524. The number of rotatable bonds is 8. The number of hydrogen-bond donors (Lipinski definition) is 2. The van der Waals surface area contributed by atoms with Gasteiger partial charge in [0.25, 0.3) is 0 Å². The maximum absolute atomic E-state index is 5.38. The van der Waals surface area contributed by atoms with Gasteiger partial charge < -0.3 is 20.1 Å². The van der Waals surface area contributed by atoms with Crippen molar-refractivity contribution in [3.05, 3.63) is 39.8 Å². The summed E-state index contributed by atoms with van der Waals surface area (Å²) in [5, 5.41) is 10.2. The summed E-state index contributed by atoms with van der Waals surface area (Å²) in [6.45, 7) is 5.70. The van der Waals surface area contributed by atoms with Gasteiger partial charge in [-0.1, -0.05) is 6.92 Å². The number of halogens is 1. The zero-order valence-electron chi connectivity index (χ0n) is 18.1. The quantitative estimate of drug-likeness (QED) is 0.302. The first-order valence-electron chi connectivity index (χ1n) is 9.98. The standard InChI is InChI=1S/C21H31N5O2S.HI/c1-5-20-24-17(14-29-20)11-23-21(22-2)25-16-6-7-26(13-16)12-15-8-18(27-3)10-19(9-15)28-4;/h8-10,14,16H,5-7,11-13H2,1-4H3,(H2,22,23,25);1H. The number of likely N-dealkylation sites (tertiary alicyclic amines) is 1. The number of methoxy groups -OCH3 is 2. The Labute approximate surface area is 200 Å². The van der Waals surface area contributed by atoms with E-state index in [1.165, 1.54) is 10.6 Å². The minimum atomic E-state index is 0. The molecule has 2 aromatic rings. The molecule has 0 saturated carbocycles. The van der Waals surface area contributed by atoms with Crippen molar-refractivity contribution in [2.45, 2.75) is 38.9 Å². The number of aryl methyl sites for hydroxylation is 1. The second-order valence-electron chi connectivity index (χ2n) is 7.10. The Bertz CT molecular complexity index is 807. The van der Waals surface area contributed by atoms with Gasteiger partial charge in [-0.3, -0.25) is 9.89 Å². The lowest BCUT2D eigenvalue weighted by Gasteiger charge is -2.19. The number of aliphatic imine (C=N–C) groups is 1. The van der Waals surface area contributed by atoms with Crippen molar-refractivity contribution in [2.24, 2.45) is 4.99 Å². The van der Waals surface area contributed by atoms with Crippen LogP contribution in [0.4, 0.5) is 0 Å². The van der Waals surface area contributed by atoms with E-state index in [0.29, 0.717) is 12.6 Å². The number of nitrogens with zero attached hydrogens (tertiary/aromatic N) is 3. The van der Waals surface area contributed by atoms with Gasteiger partial charge in [0.15, 0.2) is 5.96 Å². The number of hydrogen-bond acceptors (Lipinski definition) is 6. The molecule has 0 radical (unpaired) electrons. The van der Waals surface area contributed by atoms with Gasteiger partial charge in [-0.05, 0) is 30.5 Å². The summed E-state index contributed by atoms with van der Waals surface area (Å²) in [4.78, 5) is 11.4. The summed E-state index contributed by atoms with van der Waals surface area (Å²) in [5.41, 5.74) is 2.26. The van der Waals surface area contributed by atoms with E-state index in [9.17, 15) is 0 Å². The number of thiazole rings is 1. The molecule has 1 aliphatic heterocycles. The molecule has 0 spiro atoms. The molecule has 1 aromatic carbocycles. The van der Waals surface area contributed by atoms with Gasteiger partial charge in [-0.25, -0.2) is 4.98 Å². The van der Waals surface area contributed by atoms with Crippen LogP contribution in [0.2, 0.25) is 0 Å². The highest BCUT2D eigenvalue weighted by molar-refractivity contribution is 14.0. The molecule has 0 bridgehead atoms. The van der Waals surface area contributed by atoms with Gasteiger partial charge in [-0.15, -0.1) is 35.3 Å². The van der Waals surface area contributed by atoms with Crippen LogP contribution in [-0.4, -0.2) is 56.2 Å². The van der Waals surface area contributed by atoms with E-state index in [4.69, 9.17) is 9.47 Å². The lowest BCUT2D eigenvalue weighted by atomic mass is 10.2. The van der Waals surface area contributed by atoms with Crippen molar-refractivity contribution in [3.8, 4) is 11.5 Å². The van der Waals surface area contributed by atoms with E-state index in [1.54, 1.807) is 25.6 Å². The van der Waals surface area contributed by atoms with Crippen molar-refractivity contribution < 1.29 is 9.47 Å². The van der Waals surface area contributed by atoms with Crippen LogP contribution in [0.3, 0.4) is 0 Å². The minimum absolute atomic E-state index is 0. The van der Waals surface area contributed by atoms with Crippen molar-refractivity contribution in [1.29, 1.82) is 0 Å². The third kappa shape index (κ3) is 6.98. The Balaban J connectivity index is 0.00000320. The highest BCUT2D eigenvalue weighted by Crippen LogP contribution is 2.24. The molecule has 1 saturated heterocycles. The zero-order valence-corrected chi connectivity index (χ0v) is 21.3.